The van der Waals surface area contributed by atoms with E-state index in [0.29, 0.717) is 12.2 Å². The lowest BCUT2D eigenvalue weighted by molar-refractivity contribution is -0.130. The number of carbonyl (C=O) groups is 2. The molecular formula is C19H26N4O2S. The number of rotatable bonds is 8. The van der Waals surface area contributed by atoms with Crippen LogP contribution in [0.5, 0.6) is 0 Å². The number of thiocarbonyl (C=S) groups is 1. The van der Waals surface area contributed by atoms with E-state index >= 15 is 0 Å². The summed E-state index contributed by atoms with van der Waals surface area (Å²) >= 11 is 5.18. The Bertz CT molecular complexity index is 683. The van der Waals surface area contributed by atoms with Gasteiger partial charge in [0, 0.05) is 12.8 Å². The number of hydrogen-bond donors (Lipinski definition) is 1. The number of hydrogen-bond acceptors (Lipinski definition) is 5. The minimum atomic E-state index is -0.948. The fourth-order valence-corrected chi connectivity index (χ4v) is 3.06. The van der Waals surface area contributed by atoms with Crippen LogP contribution in [0.1, 0.15) is 25.8 Å². The molecule has 1 heterocycles. The van der Waals surface area contributed by atoms with E-state index in [1.165, 1.54) is 11.1 Å². The van der Waals surface area contributed by atoms with Crippen molar-refractivity contribution in [3.05, 3.63) is 29.8 Å². The third kappa shape index (κ3) is 4.95. The van der Waals surface area contributed by atoms with Crippen molar-refractivity contribution in [1.82, 2.24) is 10.2 Å². The first-order chi connectivity index (χ1) is 12.5. The lowest BCUT2D eigenvalue weighted by Crippen LogP contribution is -2.58. The summed E-state index contributed by atoms with van der Waals surface area (Å²) in [6.07, 6.45) is 2.34. The Hall–Kier alpha value is -2.12. The Morgan fingerprint density at radius 3 is 2.50 bits per heavy atom. The van der Waals surface area contributed by atoms with E-state index in [-0.39, 0.29) is 11.0 Å². The Morgan fingerprint density at radius 1 is 1.23 bits per heavy atom. The average molecular weight is 375 g/mol. The van der Waals surface area contributed by atoms with Crippen molar-refractivity contribution in [3.8, 4) is 0 Å². The summed E-state index contributed by atoms with van der Waals surface area (Å²) in [6, 6.07) is 7.43. The number of nitrogens with zero attached hydrogens (tertiary/aromatic N) is 3. The SMILES string of the molecule is CCN(CC)CCCN=CC1C(=O)NC(=S)N(c2ccc(C)cc2)C1=O. The molecule has 1 aliphatic rings. The van der Waals surface area contributed by atoms with Crippen LogP contribution in [-0.4, -0.2) is 54.2 Å². The molecule has 7 heteroatoms. The molecule has 1 aliphatic heterocycles. The van der Waals surface area contributed by atoms with Crippen LogP contribution in [0.4, 0.5) is 5.69 Å². The molecule has 26 heavy (non-hydrogen) atoms. The molecule has 1 unspecified atom stereocenters. The number of benzene rings is 1. The molecule has 1 saturated heterocycles. The van der Waals surface area contributed by atoms with Gasteiger partial charge in [-0.25, -0.2) is 0 Å². The topological polar surface area (TPSA) is 65.0 Å². The summed E-state index contributed by atoms with van der Waals surface area (Å²) in [5.41, 5.74) is 1.73. The molecule has 2 amide bonds. The Labute approximate surface area is 160 Å². The van der Waals surface area contributed by atoms with Crippen molar-refractivity contribution < 1.29 is 9.59 Å². The van der Waals surface area contributed by atoms with Gasteiger partial charge in [-0.3, -0.25) is 19.5 Å². The molecular weight excluding hydrogens is 348 g/mol. The van der Waals surface area contributed by atoms with Gasteiger partial charge >= 0.3 is 0 Å². The Morgan fingerprint density at radius 2 is 1.88 bits per heavy atom. The van der Waals surface area contributed by atoms with Crippen LogP contribution >= 0.6 is 12.2 Å². The van der Waals surface area contributed by atoms with Crippen LogP contribution in [0.25, 0.3) is 0 Å². The van der Waals surface area contributed by atoms with E-state index in [4.69, 9.17) is 12.2 Å². The molecule has 0 saturated carbocycles. The molecule has 140 valence electrons. The summed E-state index contributed by atoms with van der Waals surface area (Å²) in [5.74, 6) is -1.73. The quantitative estimate of drug-likeness (QED) is 0.328. The fraction of sp³-hybridized carbons (Fsp3) is 0.474. The second-order valence-electron chi connectivity index (χ2n) is 6.22. The first-order valence-electron chi connectivity index (χ1n) is 8.95. The molecule has 0 spiro atoms. The molecule has 6 nitrogen and oxygen atoms in total. The first kappa shape index (κ1) is 20.2. The highest BCUT2D eigenvalue weighted by molar-refractivity contribution is 7.80. The standard InChI is InChI=1S/C19H26N4O2S/c1-4-22(5-2)12-6-11-20-13-16-17(24)21-19(26)23(18(16)25)15-9-7-14(3)8-10-15/h7-10,13,16H,4-6,11-12H2,1-3H3,(H,21,24,26). The smallest absolute Gasteiger partial charge is 0.251 e. The van der Waals surface area contributed by atoms with Gasteiger partial charge in [0.1, 0.15) is 0 Å². The Kier molecular flexibility index (Phi) is 7.41. The minimum absolute atomic E-state index is 0.107. The van der Waals surface area contributed by atoms with Crippen LogP contribution in [0.3, 0.4) is 0 Å². The molecule has 1 aromatic carbocycles. The third-order valence-electron chi connectivity index (χ3n) is 4.40. The maximum atomic E-state index is 12.8. The molecule has 1 fully saturated rings. The third-order valence-corrected chi connectivity index (χ3v) is 4.69. The first-order valence-corrected chi connectivity index (χ1v) is 9.36. The predicted molar refractivity (Wildman–Crippen MR) is 109 cm³/mol. The van der Waals surface area contributed by atoms with Crippen LogP contribution < -0.4 is 10.2 Å². The number of carbonyl (C=O) groups excluding carboxylic acids is 2. The van der Waals surface area contributed by atoms with Gasteiger partial charge < -0.3 is 10.2 Å². The van der Waals surface area contributed by atoms with E-state index in [1.54, 1.807) is 0 Å². The van der Waals surface area contributed by atoms with E-state index in [0.717, 1.165) is 31.6 Å². The van der Waals surface area contributed by atoms with Crippen LogP contribution in [0.15, 0.2) is 29.3 Å². The highest BCUT2D eigenvalue weighted by Crippen LogP contribution is 2.20. The zero-order valence-electron chi connectivity index (χ0n) is 15.6. The molecule has 1 aromatic rings. The van der Waals surface area contributed by atoms with Gasteiger partial charge in [-0.2, -0.15) is 0 Å². The monoisotopic (exact) mass is 374 g/mol. The highest BCUT2D eigenvalue weighted by atomic mass is 32.1. The van der Waals surface area contributed by atoms with Gasteiger partial charge in [-0.15, -0.1) is 0 Å². The van der Waals surface area contributed by atoms with Crippen LogP contribution in [0, 0.1) is 12.8 Å². The molecule has 0 bridgehead atoms. The van der Waals surface area contributed by atoms with Crippen molar-refractivity contribution >= 4 is 41.0 Å². The van der Waals surface area contributed by atoms with Gasteiger partial charge in [-0.05, 0) is 57.3 Å². The molecule has 0 radical (unpaired) electrons. The molecule has 1 atom stereocenters. The molecule has 1 N–H and O–H groups in total. The zero-order chi connectivity index (χ0) is 19.1. The fourth-order valence-electron chi connectivity index (χ4n) is 2.77. The van der Waals surface area contributed by atoms with E-state index in [2.05, 4.69) is 29.1 Å². The molecule has 0 aliphatic carbocycles. The molecule has 2 rings (SSSR count). The molecule has 0 aromatic heterocycles. The van der Waals surface area contributed by atoms with E-state index in [1.807, 2.05) is 31.2 Å². The lowest BCUT2D eigenvalue weighted by Gasteiger charge is -2.31. The van der Waals surface area contributed by atoms with E-state index < -0.39 is 11.8 Å². The largest absolute Gasteiger partial charge is 0.304 e. The number of amides is 2. The number of aryl methyl sites for hydroxylation is 1. The summed E-state index contributed by atoms with van der Waals surface area (Å²) in [7, 11) is 0. The van der Waals surface area contributed by atoms with Gasteiger partial charge in [0.15, 0.2) is 11.0 Å². The number of anilines is 1. The summed E-state index contributed by atoms with van der Waals surface area (Å²) < 4.78 is 0. The predicted octanol–water partition coefficient (Wildman–Crippen LogP) is 2.16. The van der Waals surface area contributed by atoms with Crippen molar-refractivity contribution in [2.24, 2.45) is 10.9 Å². The van der Waals surface area contributed by atoms with Crippen LogP contribution in [-0.2, 0) is 9.59 Å². The normalized spacial score (nSPS) is 18.1. The lowest BCUT2D eigenvalue weighted by atomic mass is 10.1. The maximum absolute atomic E-state index is 12.8. The number of aliphatic imine (C=N–C) groups is 1. The average Bonchev–Trinajstić information content (AvgIpc) is 2.62. The van der Waals surface area contributed by atoms with Crippen molar-refractivity contribution in [1.29, 1.82) is 0 Å². The minimum Gasteiger partial charge on any atom is -0.304 e. The maximum Gasteiger partial charge on any atom is 0.251 e. The summed E-state index contributed by atoms with van der Waals surface area (Å²) in [5, 5.41) is 2.70. The van der Waals surface area contributed by atoms with Gasteiger partial charge in [0.25, 0.3) is 5.91 Å². The van der Waals surface area contributed by atoms with Gasteiger partial charge in [-0.1, -0.05) is 31.5 Å². The summed E-state index contributed by atoms with van der Waals surface area (Å²) in [6.45, 7) is 9.77. The van der Waals surface area contributed by atoms with Crippen molar-refractivity contribution in [2.75, 3.05) is 31.1 Å². The second-order valence-corrected chi connectivity index (χ2v) is 6.60. The van der Waals surface area contributed by atoms with Gasteiger partial charge in [0.2, 0.25) is 5.91 Å². The zero-order valence-corrected chi connectivity index (χ0v) is 16.4. The summed E-state index contributed by atoms with van der Waals surface area (Å²) in [4.78, 5) is 32.9. The Balaban J connectivity index is 2.02. The number of nitrogens with one attached hydrogen (secondary N) is 1. The van der Waals surface area contributed by atoms with Crippen LogP contribution in [0.2, 0.25) is 0 Å². The van der Waals surface area contributed by atoms with Crippen molar-refractivity contribution in [2.45, 2.75) is 27.2 Å². The highest BCUT2D eigenvalue weighted by Gasteiger charge is 2.38. The van der Waals surface area contributed by atoms with E-state index in [9.17, 15) is 9.59 Å². The second kappa shape index (κ2) is 9.54. The van der Waals surface area contributed by atoms with Gasteiger partial charge in [0.05, 0.1) is 5.69 Å². The van der Waals surface area contributed by atoms with Crippen molar-refractivity contribution in [3.63, 3.8) is 0 Å².